The van der Waals surface area contributed by atoms with Gasteiger partial charge in [0, 0.05) is 0 Å². The van der Waals surface area contributed by atoms with Crippen molar-refractivity contribution in [3.63, 3.8) is 0 Å². The summed E-state index contributed by atoms with van der Waals surface area (Å²) in [5.41, 5.74) is 0.560. The molecule has 1 aromatic rings. The number of carboxylic acid groups (broad SMARTS) is 1. The molecule has 3 aliphatic heterocycles. The normalized spacial score (nSPS) is 33.6. The summed E-state index contributed by atoms with van der Waals surface area (Å²) < 4.78 is 5.67. The van der Waals surface area contributed by atoms with Crippen molar-refractivity contribution >= 4 is 23.5 Å². The lowest BCUT2D eigenvalue weighted by Gasteiger charge is -2.17. The van der Waals surface area contributed by atoms with E-state index in [0.29, 0.717) is 5.69 Å². The van der Waals surface area contributed by atoms with Crippen molar-refractivity contribution in [2.45, 2.75) is 25.0 Å². The number of carbonyl (C=O) groups excluding carboxylic acids is 2. The van der Waals surface area contributed by atoms with Crippen LogP contribution < -0.4 is 4.90 Å². The Hall–Kier alpha value is -2.21. The summed E-state index contributed by atoms with van der Waals surface area (Å²) in [6.45, 7) is 0. The van der Waals surface area contributed by atoms with Crippen LogP contribution in [0.2, 0.25) is 0 Å². The number of hydrogen-bond donors (Lipinski definition) is 1. The highest BCUT2D eigenvalue weighted by Gasteiger charge is 2.62. The Kier molecular flexibility index (Phi) is 2.47. The van der Waals surface area contributed by atoms with E-state index in [1.54, 1.807) is 0 Å². The van der Waals surface area contributed by atoms with Gasteiger partial charge in [0.25, 0.3) is 0 Å². The van der Waals surface area contributed by atoms with Gasteiger partial charge in [0.2, 0.25) is 11.8 Å². The minimum absolute atomic E-state index is 0.126. The Balaban J connectivity index is 1.68. The molecule has 0 spiro atoms. The van der Waals surface area contributed by atoms with E-state index in [2.05, 4.69) is 0 Å². The average molecular weight is 287 g/mol. The van der Waals surface area contributed by atoms with Gasteiger partial charge in [-0.1, -0.05) is 0 Å². The molecule has 4 atom stereocenters. The molecular weight excluding hydrogens is 274 g/mol. The molecule has 3 heterocycles. The molecule has 1 aromatic carbocycles. The molecule has 0 aromatic heterocycles. The minimum atomic E-state index is -1.04. The van der Waals surface area contributed by atoms with Crippen LogP contribution in [0.25, 0.3) is 0 Å². The van der Waals surface area contributed by atoms with Crippen molar-refractivity contribution in [3.8, 4) is 0 Å². The molecular formula is C15H13NO5. The predicted molar refractivity (Wildman–Crippen MR) is 70.8 cm³/mol. The maximum Gasteiger partial charge on any atom is 0.335 e. The zero-order valence-corrected chi connectivity index (χ0v) is 11.1. The summed E-state index contributed by atoms with van der Waals surface area (Å²) >= 11 is 0. The van der Waals surface area contributed by atoms with Crippen molar-refractivity contribution in [1.29, 1.82) is 0 Å². The number of hydrogen-bond acceptors (Lipinski definition) is 4. The summed E-state index contributed by atoms with van der Waals surface area (Å²) in [4.78, 5) is 37.1. The molecule has 0 saturated carbocycles. The quantitative estimate of drug-likeness (QED) is 0.822. The van der Waals surface area contributed by atoms with Crippen molar-refractivity contribution < 1.29 is 24.2 Å². The molecule has 0 aliphatic carbocycles. The number of anilines is 1. The first-order chi connectivity index (χ1) is 10.1. The Bertz CT molecular complexity index is 625. The van der Waals surface area contributed by atoms with Crippen LogP contribution in [0.1, 0.15) is 23.2 Å². The zero-order valence-electron chi connectivity index (χ0n) is 11.1. The molecule has 1 N–H and O–H groups in total. The molecule has 3 aliphatic rings. The Morgan fingerprint density at radius 3 is 2.05 bits per heavy atom. The first-order valence-electron chi connectivity index (χ1n) is 6.94. The molecule has 0 unspecified atom stereocenters. The molecule has 0 radical (unpaired) electrons. The van der Waals surface area contributed by atoms with E-state index >= 15 is 0 Å². The summed E-state index contributed by atoms with van der Waals surface area (Å²) in [6.07, 6.45) is 1.38. The van der Waals surface area contributed by atoms with Crippen LogP contribution >= 0.6 is 0 Å². The first-order valence-corrected chi connectivity index (χ1v) is 6.94. The van der Waals surface area contributed by atoms with E-state index in [1.807, 2.05) is 0 Å². The minimum Gasteiger partial charge on any atom is -0.478 e. The lowest BCUT2D eigenvalue weighted by Crippen LogP contribution is -2.34. The number of aromatic carboxylic acids is 1. The zero-order chi connectivity index (χ0) is 14.7. The van der Waals surface area contributed by atoms with Gasteiger partial charge in [0.1, 0.15) is 0 Å². The topological polar surface area (TPSA) is 83.9 Å². The predicted octanol–water partition coefficient (Wildman–Crippen LogP) is 1.05. The standard InChI is InChI=1S/C15H13NO5/c17-13-11-9-5-6-10(21-9)12(11)14(18)16(13)8-3-1-7(2-4-8)15(19)20/h1-4,9-12H,5-6H2,(H,19,20)/t9-,10+,11-,12+. The van der Waals surface area contributed by atoms with Gasteiger partial charge in [-0.25, -0.2) is 9.69 Å². The van der Waals surface area contributed by atoms with Crippen LogP contribution in [0.5, 0.6) is 0 Å². The third-order valence-corrected chi connectivity index (χ3v) is 4.66. The number of carbonyl (C=O) groups is 3. The van der Waals surface area contributed by atoms with Crippen LogP contribution in [0.4, 0.5) is 5.69 Å². The van der Waals surface area contributed by atoms with Crippen LogP contribution in [-0.4, -0.2) is 35.1 Å². The molecule has 3 fully saturated rings. The van der Waals surface area contributed by atoms with Crippen molar-refractivity contribution in [2.24, 2.45) is 11.8 Å². The summed E-state index contributed by atoms with van der Waals surface area (Å²) in [6, 6.07) is 5.81. The molecule has 6 heteroatoms. The Morgan fingerprint density at radius 1 is 1.05 bits per heavy atom. The molecule has 6 nitrogen and oxygen atoms in total. The number of ether oxygens (including phenoxy) is 1. The number of imide groups is 1. The maximum atomic E-state index is 12.5. The fourth-order valence-electron chi connectivity index (χ4n) is 3.72. The van der Waals surface area contributed by atoms with Gasteiger partial charge < -0.3 is 9.84 Å². The third kappa shape index (κ3) is 1.59. The number of benzene rings is 1. The monoisotopic (exact) mass is 287 g/mol. The fraction of sp³-hybridized carbons (Fsp3) is 0.400. The van der Waals surface area contributed by atoms with Crippen LogP contribution in [-0.2, 0) is 14.3 Å². The Morgan fingerprint density at radius 2 is 1.57 bits per heavy atom. The SMILES string of the molecule is O=C(O)c1ccc(N2C(=O)[C@@H]3[C@H](C2=O)[C@H]2CC[C@@H]3O2)cc1. The fourth-order valence-corrected chi connectivity index (χ4v) is 3.72. The van der Waals surface area contributed by atoms with Gasteiger partial charge in [-0.2, -0.15) is 0 Å². The molecule has 4 rings (SSSR count). The first kappa shape index (κ1) is 12.5. The van der Waals surface area contributed by atoms with Crippen molar-refractivity contribution in [1.82, 2.24) is 0 Å². The largest absolute Gasteiger partial charge is 0.478 e. The van der Waals surface area contributed by atoms with E-state index in [4.69, 9.17) is 9.84 Å². The van der Waals surface area contributed by atoms with Crippen LogP contribution in [0.15, 0.2) is 24.3 Å². The molecule has 3 saturated heterocycles. The van der Waals surface area contributed by atoms with Crippen molar-refractivity contribution in [2.75, 3.05) is 4.90 Å². The highest BCUT2D eigenvalue weighted by Crippen LogP contribution is 2.49. The van der Waals surface area contributed by atoms with Gasteiger partial charge in [-0.3, -0.25) is 9.59 Å². The molecule has 2 bridgehead atoms. The van der Waals surface area contributed by atoms with Gasteiger partial charge in [0.05, 0.1) is 35.3 Å². The smallest absolute Gasteiger partial charge is 0.335 e. The second kappa shape index (κ2) is 4.14. The third-order valence-electron chi connectivity index (χ3n) is 4.66. The lowest BCUT2D eigenvalue weighted by molar-refractivity contribution is -0.124. The number of fused-ring (bicyclic) bond motifs is 5. The number of nitrogens with zero attached hydrogens (tertiary/aromatic N) is 1. The molecule has 2 amide bonds. The van der Waals surface area contributed by atoms with E-state index in [9.17, 15) is 14.4 Å². The van der Waals surface area contributed by atoms with Crippen molar-refractivity contribution in [3.05, 3.63) is 29.8 Å². The number of carboxylic acids is 1. The molecule has 21 heavy (non-hydrogen) atoms. The second-order valence-electron chi connectivity index (χ2n) is 5.71. The summed E-state index contributed by atoms with van der Waals surface area (Å²) in [5.74, 6) is -2.21. The van der Waals surface area contributed by atoms with E-state index in [1.165, 1.54) is 29.2 Å². The lowest BCUT2D eigenvalue weighted by atomic mass is 9.81. The second-order valence-corrected chi connectivity index (χ2v) is 5.71. The Labute approximate surface area is 120 Å². The summed E-state index contributed by atoms with van der Waals surface area (Å²) in [7, 11) is 0. The molecule has 108 valence electrons. The summed E-state index contributed by atoms with van der Waals surface area (Å²) in [5, 5.41) is 8.89. The number of rotatable bonds is 2. The van der Waals surface area contributed by atoms with Gasteiger partial charge >= 0.3 is 5.97 Å². The van der Waals surface area contributed by atoms with E-state index < -0.39 is 5.97 Å². The highest BCUT2D eigenvalue weighted by molar-refractivity contribution is 6.22. The van der Waals surface area contributed by atoms with Gasteiger partial charge in [0.15, 0.2) is 0 Å². The van der Waals surface area contributed by atoms with Gasteiger partial charge in [-0.05, 0) is 37.1 Å². The average Bonchev–Trinajstić information content (AvgIpc) is 3.13. The van der Waals surface area contributed by atoms with Crippen LogP contribution in [0.3, 0.4) is 0 Å². The van der Waals surface area contributed by atoms with E-state index in [0.717, 1.165) is 12.8 Å². The maximum absolute atomic E-state index is 12.5. The highest BCUT2D eigenvalue weighted by atomic mass is 16.5. The van der Waals surface area contributed by atoms with E-state index in [-0.39, 0.29) is 41.4 Å². The number of amides is 2. The van der Waals surface area contributed by atoms with Crippen LogP contribution in [0, 0.1) is 11.8 Å². The van der Waals surface area contributed by atoms with Gasteiger partial charge in [-0.15, -0.1) is 0 Å².